The predicted octanol–water partition coefficient (Wildman–Crippen LogP) is 6.11. The third-order valence-corrected chi connectivity index (χ3v) is 5.61. The summed E-state index contributed by atoms with van der Waals surface area (Å²) in [6.07, 6.45) is 3.80. The molecule has 0 atom stereocenters. The molecule has 4 nitrogen and oxygen atoms in total. The summed E-state index contributed by atoms with van der Waals surface area (Å²) in [5.74, 6) is 1.46. The average Bonchev–Trinajstić information content (AvgIpc) is 2.69. The quantitative estimate of drug-likeness (QED) is 0.548. The van der Waals surface area contributed by atoms with Crippen LogP contribution in [0.5, 0.6) is 11.5 Å². The van der Waals surface area contributed by atoms with Crippen LogP contribution in [0.4, 0.5) is 11.4 Å². The van der Waals surface area contributed by atoms with Gasteiger partial charge in [-0.2, -0.15) is 0 Å². The lowest BCUT2D eigenvalue weighted by Crippen LogP contribution is -2.29. The van der Waals surface area contributed by atoms with Crippen LogP contribution in [0.15, 0.2) is 34.8 Å². The molecule has 1 aliphatic heterocycles. The molecule has 1 aliphatic rings. The van der Waals surface area contributed by atoms with Gasteiger partial charge in [0.05, 0.1) is 28.9 Å². The third kappa shape index (κ3) is 5.02. The van der Waals surface area contributed by atoms with Crippen LogP contribution in [0.25, 0.3) is 0 Å². The minimum atomic E-state index is 0.592. The Morgan fingerprint density at radius 3 is 2.59 bits per heavy atom. The summed E-state index contributed by atoms with van der Waals surface area (Å²) in [6, 6.07) is 10.3. The number of nitrogens with zero attached hydrogens (tertiary/aromatic N) is 1. The van der Waals surface area contributed by atoms with Crippen LogP contribution < -0.4 is 19.7 Å². The lowest BCUT2D eigenvalue weighted by molar-refractivity contribution is 0.308. The molecule has 0 bridgehead atoms. The second-order valence-electron chi connectivity index (χ2n) is 6.61. The highest BCUT2D eigenvalue weighted by Gasteiger charge is 2.14. The zero-order valence-electron chi connectivity index (χ0n) is 15.9. The van der Waals surface area contributed by atoms with E-state index >= 15 is 0 Å². The number of rotatable bonds is 7. The van der Waals surface area contributed by atoms with E-state index in [9.17, 15) is 0 Å². The van der Waals surface area contributed by atoms with Gasteiger partial charge in [-0.1, -0.05) is 11.6 Å². The van der Waals surface area contributed by atoms with Crippen LogP contribution in [-0.4, -0.2) is 26.8 Å². The van der Waals surface area contributed by atoms with Crippen molar-refractivity contribution in [1.29, 1.82) is 0 Å². The fraction of sp³-hybridized carbons (Fsp3) is 0.429. The minimum Gasteiger partial charge on any atom is -0.493 e. The first-order valence-corrected chi connectivity index (χ1v) is 10.6. The topological polar surface area (TPSA) is 33.7 Å². The molecule has 27 heavy (non-hydrogen) atoms. The van der Waals surface area contributed by atoms with E-state index in [0.717, 1.165) is 51.0 Å². The van der Waals surface area contributed by atoms with Crippen molar-refractivity contribution in [2.24, 2.45) is 0 Å². The van der Waals surface area contributed by atoms with E-state index in [0.29, 0.717) is 13.2 Å². The molecule has 2 aromatic carbocycles. The van der Waals surface area contributed by atoms with Crippen molar-refractivity contribution in [3.8, 4) is 11.5 Å². The lowest BCUT2D eigenvalue weighted by Gasteiger charge is -2.29. The fourth-order valence-corrected chi connectivity index (χ4v) is 4.28. The molecular formula is C21H26BrClN2O2. The molecule has 146 valence electrons. The Labute approximate surface area is 174 Å². The summed E-state index contributed by atoms with van der Waals surface area (Å²) >= 11 is 10.1. The molecule has 6 heteroatoms. The number of hydrogen-bond donors (Lipinski definition) is 1. The summed E-state index contributed by atoms with van der Waals surface area (Å²) in [6.45, 7) is 5.40. The summed E-state index contributed by atoms with van der Waals surface area (Å²) < 4.78 is 12.0. The molecule has 3 rings (SSSR count). The monoisotopic (exact) mass is 452 g/mol. The Morgan fingerprint density at radius 1 is 1.15 bits per heavy atom. The Hall–Kier alpha value is -1.59. The van der Waals surface area contributed by atoms with Gasteiger partial charge in [-0.15, -0.1) is 0 Å². The maximum atomic E-state index is 6.55. The van der Waals surface area contributed by atoms with E-state index in [-0.39, 0.29) is 0 Å². The highest BCUT2D eigenvalue weighted by Crippen LogP contribution is 2.37. The molecule has 0 radical (unpaired) electrons. The van der Waals surface area contributed by atoms with Crippen molar-refractivity contribution in [2.45, 2.75) is 32.7 Å². The SMILES string of the molecule is CCOc1c(Br)cc(CNc2ccc(N3CCCCC3)c(Cl)c2)cc1OC. The summed E-state index contributed by atoms with van der Waals surface area (Å²) in [4.78, 5) is 2.38. The van der Waals surface area contributed by atoms with E-state index < -0.39 is 0 Å². The second-order valence-corrected chi connectivity index (χ2v) is 7.87. The van der Waals surface area contributed by atoms with E-state index in [2.05, 4.69) is 38.3 Å². The van der Waals surface area contributed by atoms with Crippen LogP contribution >= 0.6 is 27.5 Å². The van der Waals surface area contributed by atoms with Crippen molar-refractivity contribution in [3.05, 3.63) is 45.4 Å². The summed E-state index contributed by atoms with van der Waals surface area (Å²) in [5, 5.41) is 4.24. The van der Waals surface area contributed by atoms with Crippen molar-refractivity contribution in [3.63, 3.8) is 0 Å². The van der Waals surface area contributed by atoms with Crippen LogP contribution in [0.2, 0.25) is 5.02 Å². The average molecular weight is 454 g/mol. The smallest absolute Gasteiger partial charge is 0.175 e. The highest BCUT2D eigenvalue weighted by atomic mass is 79.9. The maximum Gasteiger partial charge on any atom is 0.175 e. The Bertz CT molecular complexity index is 779. The standard InChI is InChI=1S/C21H26BrClN2O2/c1-3-27-21-17(22)11-15(12-20(21)26-2)14-24-16-7-8-19(18(23)13-16)25-9-5-4-6-10-25/h7-8,11-13,24H,3-6,9-10,14H2,1-2H3. The Balaban J connectivity index is 1.69. The van der Waals surface area contributed by atoms with E-state index in [4.69, 9.17) is 21.1 Å². The Kier molecular flexibility index (Phi) is 7.13. The summed E-state index contributed by atoms with van der Waals surface area (Å²) in [7, 11) is 1.65. The minimum absolute atomic E-state index is 0.592. The molecule has 0 amide bonds. The lowest BCUT2D eigenvalue weighted by atomic mass is 10.1. The van der Waals surface area contributed by atoms with Crippen LogP contribution in [0.1, 0.15) is 31.7 Å². The first kappa shape index (κ1) is 20.2. The molecule has 1 heterocycles. The molecule has 0 aliphatic carbocycles. The van der Waals surface area contributed by atoms with Gasteiger partial charge in [-0.25, -0.2) is 0 Å². The van der Waals surface area contributed by atoms with Gasteiger partial charge in [0.25, 0.3) is 0 Å². The molecule has 1 saturated heterocycles. The molecule has 2 aromatic rings. The van der Waals surface area contributed by atoms with E-state index in [1.54, 1.807) is 7.11 Å². The van der Waals surface area contributed by atoms with Crippen LogP contribution in [0.3, 0.4) is 0 Å². The van der Waals surface area contributed by atoms with Crippen molar-refractivity contribution in [1.82, 2.24) is 0 Å². The highest BCUT2D eigenvalue weighted by molar-refractivity contribution is 9.10. The number of halogens is 2. The van der Waals surface area contributed by atoms with Gasteiger partial charge >= 0.3 is 0 Å². The van der Waals surface area contributed by atoms with Crippen LogP contribution in [0, 0.1) is 0 Å². The molecular weight excluding hydrogens is 428 g/mol. The van der Waals surface area contributed by atoms with Gasteiger partial charge < -0.3 is 19.7 Å². The van der Waals surface area contributed by atoms with Gasteiger partial charge in [0.15, 0.2) is 11.5 Å². The molecule has 1 fully saturated rings. The number of nitrogens with one attached hydrogen (secondary N) is 1. The molecule has 0 saturated carbocycles. The Morgan fingerprint density at radius 2 is 1.93 bits per heavy atom. The number of piperidine rings is 1. The summed E-state index contributed by atoms with van der Waals surface area (Å²) in [5.41, 5.74) is 3.23. The number of hydrogen-bond acceptors (Lipinski definition) is 4. The second kappa shape index (κ2) is 9.56. The molecule has 1 N–H and O–H groups in total. The van der Waals surface area contributed by atoms with Gasteiger partial charge in [-0.05, 0) is 78.0 Å². The van der Waals surface area contributed by atoms with Gasteiger partial charge in [0, 0.05) is 25.3 Å². The molecule has 0 unspecified atom stereocenters. The zero-order chi connectivity index (χ0) is 19.2. The van der Waals surface area contributed by atoms with Crippen molar-refractivity contribution >= 4 is 38.9 Å². The predicted molar refractivity (Wildman–Crippen MR) is 117 cm³/mol. The third-order valence-electron chi connectivity index (χ3n) is 4.72. The van der Waals surface area contributed by atoms with Gasteiger partial charge in [0.1, 0.15) is 0 Å². The number of ether oxygens (including phenoxy) is 2. The number of methoxy groups -OCH3 is 1. The number of benzene rings is 2. The fourth-order valence-electron chi connectivity index (χ4n) is 3.37. The van der Waals surface area contributed by atoms with Crippen LogP contribution in [-0.2, 0) is 6.54 Å². The first-order chi connectivity index (χ1) is 13.1. The van der Waals surface area contributed by atoms with Crippen molar-refractivity contribution in [2.75, 3.05) is 37.0 Å². The molecule has 0 aromatic heterocycles. The number of anilines is 2. The first-order valence-electron chi connectivity index (χ1n) is 9.40. The molecule has 0 spiro atoms. The normalized spacial score (nSPS) is 14.1. The van der Waals surface area contributed by atoms with Gasteiger partial charge in [-0.3, -0.25) is 0 Å². The largest absolute Gasteiger partial charge is 0.493 e. The van der Waals surface area contributed by atoms with E-state index in [1.807, 2.05) is 25.1 Å². The van der Waals surface area contributed by atoms with E-state index in [1.165, 1.54) is 19.3 Å². The maximum absolute atomic E-state index is 6.55. The van der Waals surface area contributed by atoms with Gasteiger partial charge in [0.2, 0.25) is 0 Å². The van der Waals surface area contributed by atoms with Crippen molar-refractivity contribution < 1.29 is 9.47 Å². The zero-order valence-corrected chi connectivity index (χ0v) is 18.2.